The summed E-state index contributed by atoms with van der Waals surface area (Å²) in [7, 11) is 0. The molecule has 6 heteroatoms. The van der Waals surface area contributed by atoms with Crippen molar-refractivity contribution < 1.29 is 9.90 Å². The van der Waals surface area contributed by atoms with Crippen LogP contribution in [-0.2, 0) is 0 Å². The van der Waals surface area contributed by atoms with Crippen LogP contribution in [0.3, 0.4) is 0 Å². The fourth-order valence-electron chi connectivity index (χ4n) is 3.27. The van der Waals surface area contributed by atoms with Gasteiger partial charge in [0.25, 0.3) is 5.91 Å². The SMILES string of the molecule is O=C(NC1CCN(CCO)C1)c1cc(N2CCCC2)ccn1. The number of rotatable bonds is 5. The number of likely N-dealkylation sites (tertiary alicyclic amines) is 1. The van der Waals surface area contributed by atoms with Gasteiger partial charge in [-0.05, 0) is 31.4 Å². The summed E-state index contributed by atoms with van der Waals surface area (Å²) >= 11 is 0. The van der Waals surface area contributed by atoms with Crippen LogP contribution < -0.4 is 10.2 Å². The highest BCUT2D eigenvalue weighted by molar-refractivity contribution is 5.93. The van der Waals surface area contributed by atoms with Gasteiger partial charge in [0, 0.05) is 50.6 Å². The molecule has 2 N–H and O–H groups in total. The lowest BCUT2D eigenvalue weighted by atomic mass is 10.2. The average molecular weight is 304 g/mol. The maximum Gasteiger partial charge on any atom is 0.270 e. The lowest BCUT2D eigenvalue weighted by Crippen LogP contribution is -2.38. The fraction of sp³-hybridized carbons (Fsp3) is 0.625. The number of aromatic nitrogens is 1. The van der Waals surface area contributed by atoms with Gasteiger partial charge in [-0.15, -0.1) is 0 Å². The third-order valence-corrected chi connectivity index (χ3v) is 4.47. The fourth-order valence-corrected chi connectivity index (χ4v) is 3.27. The van der Waals surface area contributed by atoms with Crippen LogP contribution in [-0.4, -0.2) is 66.3 Å². The van der Waals surface area contributed by atoms with Crippen LogP contribution in [0.5, 0.6) is 0 Å². The van der Waals surface area contributed by atoms with E-state index in [-0.39, 0.29) is 18.6 Å². The first kappa shape index (κ1) is 15.2. The van der Waals surface area contributed by atoms with E-state index in [1.165, 1.54) is 12.8 Å². The van der Waals surface area contributed by atoms with E-state index in [2.05, 4.69) is 20.1 Å². The van der Waals surface area contributed by atoms with E-state index < -0.39 is 0 Å². The van der Waals surface area contributed by atoms with Gasteiger partial charge in [-0.1, -0.05) is 0 Å². The maximum atomic E-state index is 12.4. The van der Waals surface area contributed by atoms with Gasteiger partial charge in [-0.3, -0.25) is 14.7 Å². The summed E-state index contributed by atoms with van der Waals surface area (Å²) in [6.45, 7) is 4.69. The van der Waals surface area contributed by atoms with E-state index >= 15 is 0 Å². The number of aliphatic hydroxyl groups excluding tert-OH is 1. The highest BCUT2D eigenvalue weighted by Gasteiger charge is 2.24. The summed E-state index contributed by atoms with van der Waals surface area (Å²) in [6, 6.07) is 4.01. The summed E-state index contributed by atoms with van der Waals surface area (Å²) in [5, 5.41) is 12.0. The number of nitrogens with one attached hydrogen (secondary N) is 1. The number of nitrogens with zero attached hydrogens (tertiary/aromatic N) is 3. The predicted octanol–water partition coefficient (Wildman–Crippen LogP) is 0.478. The highest BCUT2D eigenvalue weighted by Crippen LogP contribution is 2.20. The van der Waals surface area contributed by atoms with Crippen molar-refractivity contribution in [3.05, 3.63) is 24.0 Å². The molecule has 2 fully saturated rings. The Morgan fingerprint density at radius 1 is 1.36 bits per heavy atom. The molecule has 1 aromatic rings. The normalized spacial score (nSPS) is 22.2. The summed E-state index contributed by atoms with van der Waals surface area (Å²) < 4.78 is 0. The molecule has 2 saturated heterocycles. The Labute approximate surface area is 131 Å². The Hall–Kier alpha value is -1.66. The Kier molecular flexibility index (Phi) is 4.90. The lowest BCUT2D eigenvalue weighted by Gasteiger charge is -2.18. The van der Waals surface area contributed by atoms with Gasteiger partial charge in [-0.25, -0.2) is 0 Å². The molecule has 1 aromatic heterocycles. The molecule has 6 nitrogen and oxygen atoms in total. The molecule has 1 unspecified atom stereocenters. The average Bonchev–Trinajstić information content (AvgIpc) is 3.20. The molecule has 1 atom stereocenters. The van der Waals surface area contributed by atoms with E-state index in [1.54, 1.807) is 6.20 Å². The molecule has 0 spiro atoms. The zero-order chi connectivity index (χ0) is 15.4. The lowest BCUT2D eigenvalue weighted by molar-refractivity contribution is 0.0932. The van der Waals surface area contributed by atoms with Crippen LogP contribution in [0.25, 0.3) is 0 Å². The number of carbonyl (C=O) groups is 1. The van der Waals surface area contributed by atoms with E-state index in [9.17, 15) is 4.79 Å². The summed E-state index contributed by atoms with van der Waals surface area (Å²) in [4.78, 5) is 21.1. The molecule has 0 aromatic carbocycles. The van der Waals surface area contributed by atoms with E-state index in [0.29, 0.717) is 12.2 Å². The first-order valence-corrected chi connectivity index (χ1v) is 8.11. The second-order valence-electron chi connectivity index (χ2n) is 6.08. The number of amides is 1. The molecular weight excluding hydrogens is 280 g/mol. The maximum absolute atomic E-state index is 12.4. The minimum Gasteiger partial charge on any atom is -0.395 e. The molecule has 120 valence electrons. The van der Waals surface area contributed by atoms with Gasteiger partial charge in [0.1, 0.15) is 5.69 Å². The first-order chi connectivity index (χ1) is 10.8. The number of anilines is 1. The molecule has 0 bridgehead atoms. The Bertz CT molecular complexity index is 517. The zero-order valence-corrected chi connectivity index (χ0v) is 12.9. The number of hydrogen-bond donors (Lipinski definition) is 2. The van der Waals surface area contributed by atoms with Gasteiger partial charge in [-0.2, -0.15) is 0 Å². The van der Waals surface area contributed by atoms with Gasteiger partial charge in [0.05, 0.1) is 6.61 Å². The summed E-state index contributed by atoms with van der Waals surface area (Å²) in [5.74, 6) is -0.100. The van der Waals surface area contributed by atoms with E-state index in [1.807, 2.05) is 12.1 Å². The van der Waals surface area contributed by atoms with E-state index in [0.717, 1.165) is 38.3 Å². The number of carbonyl (C=O) groups excluding carboxylic acids is 1. The number of pyridine rings is 1. The van der Waals surface area contributed by atoms with Crippen LogP contribution in [0.15, 0.2) is 18.3 Å². The van der Waals surface area contributed by atoms with Gasteiger partial charge >= 0.3 is 0 Å². The molecule has 1 amide bonds. The van der Waals surface area contributed by atoms with Crippen LogP contribution in [0.2, 0.25) is 0 Å². The van der Waals surface area contributed by atoms with Crippen molar-refractivity contribution in [2.75, 3.05) is 44.2 Å². The molecule has 0 radical (unpaired) electrons. The van der Waals surface area contributed by atoms with Crippen molar-refractivity contribution in [2.24, 2.45) is 0 Å². The summed E-state index contributed by atoms with van der Waals surface area (Å²) in [6.07, 6.45) is 5.08. The topological polar surface area (TPSA) is 68.7 Å². The zero-order valence-electron chi connectivity index (χ0n) is 12.9. The molecule has 3 heterocycles. The second-order valence-corrected chi connectivity index (χ2v) is 6.08. The van der Waals surface area contributed by atoms with Crippen LogP contribution in [0.4, 0.5) is 5.69 Å². The predicted molar refractivity (Wildman–Crippen MR) is 85.1 cm³/mol. The van der Waals surface area contributed by atoms with Crippen molar-refractivity contribution in [2.45, 2.75) is 25.3 Å². The van der Waals surface area contributed by atoms with Crippen molar-refractivity contribution in [3.8, 4) is 0 Å². The Morgan fingerprint density at radius 3 is 2.95 bits per heavy atom. The van der Waals surface area contributed by atoms with Gasteiger partial charge in [0.2, 0.25) is 0 Å². The standard InChI is InChI=1S/C16H24N4O2/c21-10-9-19-8-4-13(12-19)18-16(22)15-11-14(3-5-17-15)20-6-1-2-7-20/h3,5,11,13,21H,1-2,4,6-10,12H2,(H,18,22). The molecule has 2 aliphatic rings. The smallest absolute Gasteiger partial charge is 0.270 e. The number of β-amino-alcohol motifs (C(OH)–C–C–N with tert-alkyl or cyclic N) is 1. The molecule has 2 aliphatic heterocycles. The third-order valence-electron chi connectivity index (χ3n) is 4.47. The van der Waals surface area contributed by atoms with Gasteiger partial charge in [0.15, 0.2) is 0 Å². The third kappa shape index (κ3) is 3.56. The summed E-state index contributed by atoms with van der Waals surface area (Å²) in [5.41, 5.74) is 1.58. The van der Waals surface area contributed by atoms with Crippen LogP contribution in [0.1, 0.15) is 29.8 Å². The minimum absolute atomic E-state index is 0.100. The van der Waals surface area contributed by atoms with E-state index in [4.69, 9.17) is 5.11 Å². The van der Waals surface area contributed by atoms with Crippen molar-refractivity contribution >= 4 is 11.6 Å². The van der Waals surface area contributed by atoms with Gasteiger partial charge < -0.3 is 15.3 Å². The molecule has 22 heavy (non-hydrogen) atoms. The van der Waals surface area contributed by atoms with Crippen LogP contribution in [0, 0.1) is 0 Å². The van der Waals surface area contributed by atoms with Crippen molar-refractivity contribution in [1.29, 1.82) is 0 Å². The van der Waals surface area contributed by atoms with Crippen molar-refractivity contribution in [1.82, 2.24) is 15.2 Å². The Morgan fingerprint density at radius 2 is 2.18 bits per heavy atom. The monoisotopic (exact) mass is 304 g/mol. The highest BCUT2D eigenvalue weighted by atomic mass is 16.3. The molecule has 0 saturated carbocycles. The molecular formula is C16H24N4O2. The van der Waals surface area contributed by atoms with Crippen molar-refractivity contribution in [3.63, 3.8) is 0 Å². The number of hydrogen-bond acceptors (Lipinski definition) is 5. The quantitative estimate of drug-likeness (QED) is 0.828. The number of aliphatic hydroxyl groups is 1. The Balaban J connectivity index is 1.59. The minimum atomic E-state index is -0.100. The van der Waals surface area contributed by atoms with Crippen LogP contribution >= 0.6 is 0 Å². The largest absolute Gasteiger partial charge is 0.395 e. The first-order valence-electron chi connectivity index (χ1n) is 8.11. The molecule has 3 rings (SSSR count). The molecule has 0 aliphatic carbocycles. The second kappa shape index (κ2) is 7.07.